The fourth-order valence-corrected chi connectivity index (χ4v) is 5.74. The van der Waals surface area contributed by atoms with Crippen molar-refractivity contribution in [3.05, 3.63) is 83.9 Å². The Morgan fingerprint density at radius 2 is 1.53 bits per heavy atom. The van der Waals surface area contributed by atoms with Crippen LogP contribution in [0.3, 0.4) is 0 Å². The van der Waals surface area contributed by atoms with E-state index in [-0.39, 0.29) is 12.1 Å². The summed E-state index contributed by atoms with van der Waals surface area (Å²) in [6.07, 6.45) is 0.00686. The molecule has 2 amide bonds. The zero-order valence-electron chi connectivity index (χ0n) is 21.2. The number of imide groups is 1. The van der Waals surface area contributed by atoms with Crippen LogP contribution in [-0.4, -0.2) is 49.8 Å². The van der Waals surface area contributed by atoms with E-state index in [0.29, 0.717) is 22.8 Å². The van der Waals surface area contributed by atoms with Crippen LogP contribution in [0.2, 0.25) is 0 Å². The van der Waals surface area contributed by atoms with Crippen LogP contribution >= 0.6 is 0 Å². The van der Waals surface area contributed by atoms with Gasteiger partial charge in [0, 0.05) is 12.5 Å². The second kappa shape index (κ2) is 9.83. The summed E-state index contributed by atoms with van der Waals surface area (Å²) in [6.45, 7) is 0. The minimum absolute atomic E-state index is 0.00686. The molecule has 0 spiro atoms. The Labute approximate surface area is 219 Å². The highest BCUT2D eigenvalue weighted by molar-refractivity contribution is 6.24. The van der Waals surface area contributed by atoms with E-state index in [9.17, 15) is 19.5 Å². The molecule has 5 rings (SSSR count). The Balaban J connectivity index is 1.68. The molecule has 4 atom stereocenters. The molecule has 3 aromatic carbocycles. The average Bonchev–Trinajstić information content (AvgIpc) is 3.42. The summed E-state index contributed by atoms with van der Waals surface area (Å²) in [4.78, 5) is 42.3. The number of fused-ring (bicyclic) bond motifs is 1. The highest BCUT2D eigenvalue weighted by Crippen LogP contribution is 2.52. The number of amides is 2. The van der Waals surface area contributed by atoms with Crippen molar-refractivity contribution in [1.82, 2.24) is 5.32 Å². The average molecular weight is 517 g/mol. The van der Waals surface area contributed by atoms with Crippen molar-refractivity contribution < 1.29 is 33.7 Å². The number of hydrogen-bond donors (Lipinski definition) is 2. The Morgan fingerprint density at radius 3 is 2.18 bits per heavy atom. The van der Waals surface area contributed by atoms with E-state index in [4.69, 9.17) is 14.2 Å². The minimum Gasteiger partial charge on any atom is -0.495 e. The number of carbonyl (C=O) groups is 3. The SMILES string of the molecule is COc1ccc([C@@H]2N[C@](Cc3ccccc3)(C(=O)O)[C@@H]3C(=O)N(c4ccccc4OC)C(=O)[C@@H]32)cc1OC. The van der Waals surface area contributed by atoms with Gasteiger partial charge in [0.05, 0.1) is 38.9 Å². The van der Waals surface area contributed by atoms with Crippen LogP contribution < -0.4 is 24.4 Å². The van der Waals surface area contributed by atoms with Gasteiger partial charge >= 0.3 is 5.97 Å². The zero-order valence-corrected chi connectivity index (χ0v) is 21.2. The van der Waals surface area contributed by atoms with Gasteiger partial charge in [0.15, 0.2) is 11.5 Å². The smallest absolute Gasteiger partial charge is 0.325 e. The quantitative estimate of drug-likeness (QED) is 0.439. The number of para-hydroxylation sites is 2. The first-order valence-corrected chi connectivity index (χ1v) is 12.1. The van der Waals surface area contributed by atoms with Crippen LogP contribution in [0.1, 0.15) is 17.2 Å². The van der Waals surface area contributed by atoms with Crippen molar-refractivity contribution in [3.63, 3.8) is 0 Å². The van der Waals surface area contributed by atoms with E-state index in [0.717, 1.165) is 10.5 Å². The predicted molar refractivity (Wildman–Crippen MR) is 138 cm³/mol. The van der Waals surface area contributed by atoms with Crippen molar-refractivity contribution in [1.29, 1.82) is 0 Å². The molecule has 2 N–H and O–H groups in total. The number of rotatable bonds is 8. The molecule has 2 fully saturated rings. The van der Waals surface area contributed by atoms with Crippen LogP contribution in [0, 0.1) is 11.8 Å². The molecule has 9 nitrogen and oxygen atoms in total. The number of benzene rings is 3. The summed E-state index contributed by atoms with van der Waals surface area (Å²) in [5.41, 5.74) is -0.126. The van der Waals surface area contributed by atoms with Gasteiger partial charge in [-0.05, 0) is 35.4 Å². The maximum absolute atomic E-state index is 14.1. The molecule has 0 aliphatic carbocycles. The van der Waals surface area contributed by atoms with E-state index in [1.807, 2.05) is 30.3 Å². The normalized spacial score (nSPS) is 24.3. The first-order valence-electron chi connectivity index (χ1n) is 12.1. The number of carboxylic acids is 1. The second-order valence-corrected chi connectivity index (χ2v) is 9.36. The van der Waals surface area contributed by atoms with Crippen molar-refractivity contribution in [2.24, 2.45) is 11.8 Å². The molecule has 2 aliphatic heterocycles. The molecule has 3 aromatic rings. The van der Waals surface area contributed by atoms with E-state index >= 15 is 0 Å². The van der Waals surface area contributed by atoms with Crippen molar-refractivity contribution in [2.75, 3.05) is 26.2 Å². The Morgan fingerprint density at radius 1 is 0.868 bits per heavy atom. The van der Waals surface area contributed by atoms with Gasteiger partial charge in [0.25, 0.3) is 0 Å². The lowest BCUT2D eigenvalue weighted by Crippen LogP contribution is -2.57. The molecule has 2 heterocycles. The number of methoxy groups -OCH3 is 3. The van der Waals surface area contributed by atoms with Gasteiger partial charge in [-0.2, -0.15) is 0 Å². The molecule has 2 saturated heterocycles. The maximum atomic E-state index is 14.1. The monoisotopic (exact) mass is 516 g/mol. The van der Waals surface area contributed by atoms with Gasteiger partial charge in [-0.15, -0.1) is 0 Å². The third kappa shape index (κ3) is 3.86. The standard InChI is InChI=1S/C29H28N2O7/c1-36-20-12-8-7-11-19(20)31-26(32)23-24(27(31)33)29(28(34)35,16-17-9-5-4-6-10-17)30-25(23)18-13-14-21(37-2)22(15-18)38-3/h4-15,23-25,30H,16H2,1-3H3,(H,34,35)/t23-,24-,25-,29-/m0/s1. The van der Waals surface area contributed by atoms with E-state index in [1.165, 1.54) is 21.3 Å². The molecular formula is C29H28N2O7. The highest BCUT2D eigenvalue weighted by Gasteiger charge is 2.68. The maximum Gasteiger partial charge on any atom is 0.325 e. The summed E-state index contributed by atoms with van der Waals surface area (Å²) in [5.74, 6) is -3.18. The number of carboxylic acid groups (broad SMARTS) is 1. The number of anilines is 1. The number of nitrogens with zero attached hydrogens (tertiary/aromatic N) is 1. The van der Waals surface area contributed by atoms with Gasteiger partial charge in [0.1, 0.15) is 11.3 Å². The molecule has 0 unspecified atom stereocenters. The van der Waals surface area contributed by atoms with Crippen LogP contribution in [0.15, 0.2) is 72.8 Å². The van der Waals surface area contributed by atoms with Crippen LogP contribution in [0.4, 0.5) is 5.69 Å². The fraction of sp³-hybridized carbons (Fsp3) is 0.276. The highest BCUT2D eigenvalue weighted by atomic mass is 16.5. The lowest BCUT2D eigenvalue weighted by atomic mass is 9.76. The summed E-state index contributed by atoms with van der Waals surface area (Å²) >= 11 is 0. The number of hydrogen-bond acceptors (Lipinski definition) is 7. The summed E-state index contributed by atoms with van der Waals surface area (Å²) in [6, 6.07) is 20.2. The molecule has 0 saturated carbocycles. The fourth-order valence-electron chi connectivity index (χ4n) is 5.74. The van der Waals surface area contributed by atoms with Crippen molar-refractivity contribution in [3.8, 4) is 17.2 Å². The number of ether oxygens (including phenoxy) is 3. The van der Waals surface area contributed by atoms with Crippen molar-refractivity contribution >= 4 is 23.5 Å². The minimum atomic E-state index is -1.74. The summed E-state index contributed by atoms with van der Waals surface area (Å²) < 4.78 is 16.2. The molecule has 0 radical (unpaired) electrons. The third-order valence-corrected chi connectivity index (χ3v) is 7.45. The topological polar surface area (TPSA) is 114 Å². The molecule has 0 bridgehead atoms. The van der Waals surface area contributed by atoms with Gasteiger partial charge in [-0.3, -0.25) is 19.7 Å². The molecular weight excluding hydrogens is 488 g/mol. The Hall–Kier alpha value is -4.37. The van der Waals surface area contributed by atoms with Crippen LogP contribution in [0.25, 0.3) is 0 Å². The van der Waals surface area contributed by atoms with Crippen LogP contribution in [-0.2, 0) is 20.8 Å². The lowest BCUT2D eigenvalue weighted by Gasteiger charge is -2.31. The Kier molecular flexibility index (Phi) is 6.54. The van der Waals surface area contributed by atoms with Gasteiger partial charge in [0.2, 0.25) is 11.8 Å². The largest absolute Gasteiger partial charge is 0.495 e. The number of carbonyl (C=O) groups excluding carboxylic acids is 2. The predicted octanol–water partition coefficient (Wildman–Crippen LogP) is 3.23. The van der Waals surface area contributed by atoms with E-state index < -0.39 is 41.2 Å². The van der Waals surface area contributed by atoms with Gasteiger partial charge < -0.3 is 19.3 Å². The molecule has 2 aliphatic rings. The molecule has 0 aromatic heterocycles. The van der Waals surface area contributed by atoms with E-state index in [1.54, 1.807) is 42.5 Å². The number of aliphatic carboxylic acids is 1. The molecule has 38 heavy (non-hydrogen) atoms. The summed E-state index contributed by atoms with van der Waals surface area (Å²) in [5, 5.41) is 13.9. The molecule has 9 heteroatoms. The molecule has 196 valence electrons. The Bertz CT molecular complexity index is 1390. The lowest BCUT2D eigenvalue weighted by molar-refractivity contribution is -0.148. The zero-order chi connectivity index (χ0) is 27.0. The third-order valence-electron chi connectivity index (χ3n) is 7.45. The van der Waals surface area contributed by atoms with E-state index in [2.05, 4.69) is 5.32 Å². The van der Waals surface area contributed by atoms with Crippen LogP contribution in [0.5, 0.6) is 17.2 Å². The number of nitrogens with one attached hydrogen (secondary N) is 1. The first kappa shape index (κ1) is 25.3. The van der Waals surface area contributed by atoms with Gasteiger partial charge in [-0.25, -0.2) is 4.90 Å². The van der Waals surface area contributed by atoms with Gasteiger partial charge in [-0.1, -0.05) is 48.5 Å². The van der Waals surface area contributed by atoms with Crippen molar-refractivity contribution in [2.45, 2.75) is 18.0 Å². The second-order valence-electron chi connectivity index (χ2n) is 9.36. The first-order chi connectivity index (χ1) is 18.4. The summed E-state index contributed by atoms with van der Waals surface area (Å²) in [7, 11) is 4.47.